The van der Waals surface area contributed by atoms with Crippen molar-refractivity contribution in [2.45, 2.75) is 65.9 Å². The molecule has 2 heteroatoms. The van der Waals surface area contributed by atoms with Crippen molar-refractivity contribution in [3.8, 4) is 0 Å². The van der Waals surface area contributed by atoms with Gasteiger partial charge < -0.3 is 10.0 Å². The molecule has 0 bridgehead atoms. The summed E-state index contributed by atoms with van der Waals surface area (Å²) in [6, 6.07) is 0. The highest BCUT2D eigenvalue weighted by Crippen LogP contribution is 2.10. The zero-order valence-corrected chi connectivity index (χ0v) is 11.7. The molecule has 2 atom stereocenters. The maximum Gasteiger partial charge on any atom is 0.0692 e. The molecule has 0 fully saturated rings. The van der Waals surface area contributed by atoms with Crippen LogP contribution in [0.2, 0.25) is 0 Å². The highest BCUT2D eigenvalue weighted by molar-refractivity contribution is 4.69. The average Bonchev–Trinajstić information content (AvgIpc) is 2.31. The van der Waals surface area contributed by atoms with Gasteiger partial charge in [0.05, 0.1) is 6.10 Å². The summed E-state index contributed by atoms with van der Waals surface area (Å²) in [4.78, 5) is 2.43. The summed E-state index contributed by atoms with van der Waals surface area (Å²) in [5.74, 6) is 0.422. The van der Waals surface area contributed by atoms with Crippen molar-refractivity contribution in [1.82, 2.24) is 4.90 Å². The number of nitrogens with zero attached hydrogens (tertiary/aromatic N) is 1. The van der Waals surface area contributed by atoms with Gasteiger partial charge in [-0.3, -0.25) is 0 Å². The van der Waals surface area contributed by atoms with Gasteiger partial charge >= 0.3 is 0 Å². The van der Waals surface area contributed by atoms with Crippen molar-refractivity contribution in [3.05, 3.63) is 0 Å². The minimum Gasteiger partial charge on any atom is -0.392 e. The molecule has 2 unspecified atom stereocenters. The van der Waals surface area contributed by atoms with E-state index in [1.165, 1.54) is 25.7 Å². The standard InChI is InChI=1S/C14H31NO/c1-5-8-10-15(11-9-6-2)12-14(16)13(4)7-3/h13-14,16H,5-12H2,1-4H3. The zero-order chi connectivity index (χ0) is 12.4. The highest BCUT2D eigenvalue weighted by Gasteiger charge is 2.15. The molecule has 0 aliphatic carbocycles. The Morgan fingerprint density at radius 3 is 1.88 bits per heavy atom. The molecule has 0 aliphatic heterocycles. The Hall–Kier alpha value is -0.0800. The lowest BCUT2D eigenvalue weighted by Crippen LogP contribution is -2.37. The van der Waals surface area contributed by atoms with E-state index in [-0.39, 0.29) is 6.10 Å². The summed E-state index contributed by atoms with van der Waals surface area (Å²) < 4.78 is 0. The van der Waals surface area contributed by atoms with Crippen LogP contribution in [0, 0.1) is 5.92 Å². The van der Waals surface area contributed by atoms with E-state index in [9.17, 15) is 5.11 Å². The van der Waals surface area contributed by atoms with Crippen LogP contribution in [-0.2, 0) is 0 Å². The van der Waals surface area contributed by atoms with Crippen LogP contribution in [0.25, 0.3) is 0 Å². The van der Waals surface area contributed by atoms with Crippen molar-refractivity contribution in [2.75, 3.05) is 19.6 Å². The number of rotatable bonds is 10. The normalized spacial score (nSPS) is 15.4. The molecule has 0 spiro atoms. The van der Waals surface area contributed by atoms with E-state index in [0.717, 1.165) is 26.1 Å². The highest BCUT2D eigenvalue weighted by atomic mass is 16.3. The third-order valence-electron chi connectivity index (χ3n) is 3.40. The molecule has 98 valence electrons. The van der Waals surface area contributed by atoms with Crippen LogP contribution in [0.4, 0.5) is 0 Å². The molecule has 0 aromatic carbocycles. The van der Waals surface area contributed by atoms with Gasteiger partial charge in [-0.25, -0.2) is 0 Å². The average molecular weight is 229 g/mol. The van der Waals surface area contributed by atoms with Gasteiger partial charge in [0.15, 0.2) is 0 Å². The second-order valence-corrected chi connectivity index (χ2v) is 4.96. The maximum atomic E-state index is 10.0. The predicted octanol–water partition coefficient (Wildman–Crippen LogP) is 3.30. The van der Waals surface area contributed by atoms with Crippen LogP contribution in [0.1, 0.15) is 59.8 Å². The minimum atomic E-state index is -0.154. The summed E-state index contributed by atoms with van der Waals surface area (Å²) >= 11 is 0. The zero-order valence-electron chi connectivity index (χ0n) is 11.7. The minimum absolute atomic E-state index is 0.154. The molecule has 2 nitrogen and oxygen atoms in total. The molecule has 0 aromatic rings. The molecule has 0 aliphatic rings. The molecule has 0 saturated heterocycles. The number of aliphatic hydroxyl groups excluding tert-OH is 1. The van der Waals surface area contributed by atoms with Crippen molar-refractivity contribution in [3.63, 3.8) is 0 Å². The van der Waals surface area contributed by atoms with E-state index in [1.807, 2.05) is 0 Å². The summed E-state index contributed by atoms with van der Waals surface area (Å²) in [6.07, 6.45) is 5.88. The maximum absolute atomic E-state index is 10.0. The third-order valence-corrected chi connectivity index (χ3v) is 3.40. The van der Waals surface area contributed by atoms with Crippen LogP contribution in [-0.4, -0.2) is 35.7 Å². The molecule has 0 amide bonds. The Kier molecular flexibility index (Phi) is 10.0. The molecule has 0 heterocycles. The summed E-state index contributed by atoms with van der Waals surface area (Å²) in [5.41, 5.74) is 0. The van der Waals surface area contributed by atoms with E-state index in [1.54, 1.807) is 0 Å². The van der Waals surface area contributed by atoms with Crippen LogP contribution in [0.15, 0.2) is 0 Å². The largest absolute Gasteiger partial charge is 0.392 e. The first-order valence-electron chi connectivity index (χ1n) is 7.06. The second-order valence-electron chi connectivity index (χ2n) is 4.96. The van der Waals surface area contributed by atoms with Gasteiger partial charge in [-0.05, 0) is 31.8 Å². The third kappa shape index (κ3) is 7.24. The van der Waals surface area contributed by atoms with E-state index < -0.39 is 0 Å². The van der Waals surface area contributed by atoms with Crippen LogP contribution in [0.3, 0.4) is 0 Å². The molecule has 1 N–H and O–H groups in total. The van der Waals surface area contributed by atoms with E-state index >= 15 is 0 Å². The Balaban J connectivity index is 3.96. The lowest BCUT2D eigenvalue weighted by molar-refractivity contribution is 0.0673. The van der Waals surface area contributed by atoms with Crippen LogP contribution in [0.5, 0.6) is 0 Å². The molecule has 0 saturated carbocycles. The fourth-order valence-electron chi connectivity index (χ4n) is 1.77. The first-order valence-corrected chi connectivity index (χ1v) is 7.06. The van der Waals surface area contributed by atoms with Crippen molar-refractivity contribution < 1.29 is 5.11 Å². The number of hydrogen-bond donors (Lipinski definition) is 1. The van der Waals surface area contributed by atoms with Crippen LogP contribution >= 0.6 is 0 Å². The van der Waals surface area contributed by atoms with Gasteiger partial charge in [-0.1, -0.05) is 47.0 Å². The van der Waals surface area contributed by atoms with Gasteiger partial charge in [0.2, 0.25) is 0 Å². The fraction of sp³-hybridized carbons (Fsp3) is 1.00. The van der Waals surface area contributed by atoms with Crippen molar-refractivity contribution in [2.24, 2.45) is 5.92 Å². The van der Waals surface area contributed by atoms with Gasteiger partial charge in [0.1, 0.15) is 0 Å². The lowest BCUT2D eigenvalue weighted by atomic mass is 10.0. The molecule has 0 radical (unpaired) electrons. The Morgan fingerprint density at radius 2 is 1.50 bits per heavy atom. The molecule has 0 aromatic heterocycles. The van der Waals surface area contributed by atoms with E-state index in [0.29, 0.717) is 5.92 Å². The quantitative estimate of drug-likeness (QED) is 0.621. The van der Waals surface area contributed by atoms with Gasteiger partial charge in [0, 0.05) is 6.54 Å². The summed E-state index contributed by atoms with van der Waals surface area (Å²) in [7, 11) is 0. The van der Waals surface area contributed by atoms with Gasteiger partial charge in [-0.2, -0.15) is 0 Å². The molecular weight excluding hydrogens is 198 g/mol. The predicted molar refractivity (Wildman–Crippen MR) is 71.7 cm³/mol. The summed E-state index contributed by atoms with van der Waals surface area (Å²) in [6.45, 7) is 11.9. The Bertz CT molecular complexity index is 142. The fourth-order valence-corrected chi connectivity index (χ4v) is 1.77. The van der Waals surface area contributed by atoms with Gasteiger partial charge in [0.25, 0.3) is 0 Å². The molecule has 0 rings (SSSR count). The first kappa shape index (κ1) is 15.9. The van der Waals surface area contributed by atoms with E-state index in [4.69, 9.17) is 0 Å². The Morgan fingerprint density at radius 1 is 1.00 bits per heavy atom. The SMILES string of the molecule is CCCCN(CCCC)CC(O)C(C)CC. The van der Waals surface area contributed by atoms with Crippen LogP contribution < -0.4 is 0 Å². The first-order chi connectivity index (χ1) is 7.65. The van der Waals surface area contributed by atoms with Crippen molar-refractivity contribution >= 4 is 0 Å². The van der Waals surface area contributed by atoms with E-state index in [2.05, 4.69) is 32.6 Å². The smallest absolute Gasteiger partial charge is 0.0692 e. The molecular formula is C14H31NO. The van der Waals surface area contributed by atoms with Gasteiger partial charge in [-0.15, -0.1) is 0 Å². The number of unbranched alkanes of at least 4 members (excludes halogenated alkanes) is 2. The number of aliphatic hydroxyl groups is 1. The monoisotopic (exact) mass is 229 g/mol. The summed E-state index contributed by atoms with van der Waals surface area (Å²) in [5, 5.41) is 10.0. The number of hydrogen-bond acceptors (Lipinski definition) is 2. The lowest BCUT2D eigenvalue weighted by Gasteiger charge is -2.27. The Labute approximate surface area is 102 Å². The molecule has 16 heavy (non-hydrogen) atoms. The van der Waals surface area contributed by atoms with Crippen molar-refractivity contribution in [1.29, 1.82) is 0 Å². The topological polar surface area (TPSA) is 23.5 Å². The second kappa shape index (κ2) is 10.1.